The fraction of sp³-hybridized carbons (Fsp3) is 0.0435. The Labute approximate surface area is 139 Å². The minimum Gasteiger partial charge on any atom is -0.455 e. The summed E-state index contributed by atoms with van der Waals surface area (Å²) in [6.07, 6.45) is 0.983. The Bertz CT molecular complexity index is 1270. The first-order valence-electron chi connectivity index (χ1n) is 8.35. The van der Waals surface area contributed by atoms with E-state index in [1.165, 1.54) is 43.8 Å². The zero-order valence-electron chi connectivity index (χ0n) is 13.0. The molecule has 24 heavy (non-hydrogen) atoms. The molecule has 0 radical (unpaired) electrons. The molecule has 0 aliphatic heterocycles. The molecule has 0 bridgehead atoms. The first-order valence-corrected chi connectivity index (χ1v) is 8.35. The summed E-state index contributed by atoms with van der Waals surface area (Å²) in [7, 11) is 0. The zero-order valence-corrected chi connectivity index (χ0v) is 13.0. The molecule has 0 saturated heterocycles. The van der Waals surface area contributed by atoms with Crippen LogP contribution in [-0.2, 0) is 6.42 Å². The van der Waals surface area contributed by atoms with Gasteiger partial charge in [-0.2, -0.15) is 0 Å². The lowest BCUT2D eigenvalue weighted by molar-refractivity contribution is 0.672. The number of benzene rings is 4. The van der Waals surface area contributed by atoms with Crippen molar-refractivity contribution in [3.05, 3.63) is 83.9 Å². The van der Waals surface area contributed by atoms with Crippen LogP contribution in [0.5, 0.6) is 0 Å². The van der Waals surface area contributed by atoms with Crippen molar-refractivity contribution in [2.75, 3.05) is 0 Å². The van der Waals surface area contributed by atoms with E-state index in [-0.39, 0.29) is 0 Å². The maximum atomic E-state index is 6.29. The minimum atomic E-state index is 0.974. The third kappa shape index (κ3) is 1.40. The van der Waals surface area contributed by atoms with Crippen LogP contribution in [-0.4, -0.2) is 0 Å². The van der Waals surface area contributed by atoms with Crippen LogP contribution in [0, 0.1) is 0 Å². The van der Waals surface area contributed by atoms with Crippen molar-refractivity contribution in [2.45, 2.75) is 6.42 Å². The van der Waals surface area contributed by atoms with Crippen LogP contribution >= 0.6 is 0 Å². The lowest BCUT2D eigenvalue weighted by Crippen LogP contribution is -1.85. The lowest BCUT2D eigenvalue weighted by Gasteiger charge is -2.08. The minimum absolute atomic E-state index is 0.974. The molecule has 1 aromatic heterocycles. The third-order valence-electron chi connectivity index (χ3n) is 5.29. The van der Waals surface area contributed by atoms with Crippen LogP contribution in [0.25, 0.3) is 43.8 Å². The van der Waals surface area contributed by atoms with Gasteiger partial charge in [-0.3, -0.25) is 0 Å². The zero-order chi connectivity index (χ0) is 15.7. The largest absolute Gasteiger partial charge is 0.455 e. The van der Waals surface area contributed by atoms with Gasteiger partial charge in [0, 0.05) is 16.2 Å². The molecule has 1 aliphatic rings. The summed E-state index contributed by atoms with van der Waals surface area (Å²) in [4.78, 5) is 0. The smallest absolute Gasteiger partial charge is 0.143 e. The Morgan fingerprint density at radius 3 is 2.29 bits per heavy atom. The Hall–Kier alpha value is -3.06. The molecule has 1 aliphatic carbocycles. The summed E-state index contributed by atoms with van der Waals surface area (Å²) in [5.41, 5.74) is 7.58. The van der Waals surface area contributed by atoms with Gasteiger partial charge in [0.15, 0.2) is 0 Å². The van der Waals surface area contributed by atoms with Crippen molar-refractivity contribution in [1.82, 2.24) is 0 Å². The van der Waals surface area contributed by atoms with E-state index in [0.29, 0.717) is 0 Å². The first kappa shape index (κ1) is 12.4. The van der Waals surface area contributed by atoms with Gasteiger partial charge in [0.25, 0.3) is 0 Å². The second-order valence-corrected chi connectivity index (χ2v) is 6.54. The van der Waals surface area contributed by atoms with Crippen LogP contribution in [0.1, 0.15) is 11.1 Å². The number of hydrogen-bond acceptors (Lipinski definition) is 1. The summed E-state index contributed by atoms with van der Waals surface area (Å²) >= 11 is 0. The summed E-state index contributed by atoms with van der Waals surface area (Å²) in [6.45, 7) is 0. The van der Waals surface area contributed by atoms with Gasteiger partial charge in [0.1, 0.15) is 11.2 Å². The van der Waals surface area contributed by atoms with Crippen LogP contribution in [0.15, 0.2) is 77.2 Å². The lowest BCUT2D eigenvalue weighted by atomic mass is 9.94. The SMILES string of the molecule is c1ccc2c(c1)Cc1c-2c2ccccc2c2oc3ccccc3c12. The van der Waals surface area contributed by atoms with Crippen molar-refractivity contribution in [3.8, 4) is 11.1 Å². The molecule has 5 aromatic rings. The van der Waals surface area contributed by atoms with Crippen molar-refractivity contribution in [3.63, 3.8) is 0 Å². The molecule has 1 heterocycles. The Kier molecular flexibility index (Phi) is 2.20. The topological polar surface area (TPSA) is 13.1 Å². The number of rotatable bonds is 0. The first-order chi connectivity index (χ1) is 11.9. The van der Waals surface area contributed by atoms with E-state index in [2.05, 4.69) is 66.7 Å². The van der Waals surface area contributed by atoms with Crippen molar-refractivity contribution in [2.24, 2.45) is 0 Å². The molecule has 6 rings (SSSR count). The fourth-order valence-corrected chi connectivity index (χ4v) is 4.31. The fourth-order valence-electron chi connectivity index (χ4n) is 4.31. The summed E-state index contributed by atoms with van der Waals surface area (Å²) in [6, 6.07) is 25.8. The maximum Gasteiger partial charge on any atom is 0.143 e. The second kappa shape index (κ2) is 4.27. The average Bonchev–Trinajstić information content (AvgIpc) is 3.20. The highest BCUT2D eigenvalue weighted by atomic mass is 16.3. The van der Waals surface area contributed by atoms with E-state index in [0.717, 1.165) is 17.6 Å². The summed E-state index contributed by atoms with van der Waals surface area (Å²) < 4.78 is 6.29. The van der Waals surface area contributed by atoms with Crippen LogP contribution < -0.4 is 0 Å². The molecule has 0 amide bonds. The Morgan fingerprint density at radius 1 is 0.667 bits per heavy atom. The van der Waals surface area contributed by atoms with Gasteiger partial charge in [0.05, 0.1) is 0 Å². The van der Waals surface area contributed by atoms with Crippen LogP contribution in [0.3, 0.4) is 0 Å². The molecular formula is C23H14O. The van der Waals surface area contributed by atoms with Crippen molar-refractivity contribution < 1.29 is 4.42 Å². The van der Waals surface area contributed by atoms with Gasteiger partial charge in [-0.05, 0) is 40.1 Å². The molecule has 1 nitrogen and oxygen atoms in total. The normalized spacial score (nSPS) is 12.8. The van der Waals surface area contributed by atoms with E-state index in [1.54, 1.807) is 0 Å². The summed E-state index contributed by atoms with van der Waals surface area (Å²) in [5, 5.41) is 5.01. The third-order valence-corrected chi connectivity index (χ3v) is 5.29. The molecule has 0 saturated carbocycles. The number of hydrogen-bond donors (Lipinski definition) is 0. The van der Waals surface area contributed by atoms with Gasteiger partial charge >= 0.3 is 0 Å². The number of furan rings is 1. The highest BCUT2D eigenvalue weighted by molar-refractivity contribution is 6.22. The number of fused-ring (bicyclic) bond motifs is 10. The van der Waals surface area contributed by atoms with E-state index < -0.39 is 0 Å². The monoisotopic (exact) mass is 306 g/mol. The predicted molar refractivity (Wildman–Crippen MR) is 99.5 cm³/mol. The molecule has 0 fully saturated rings. The van der Waals surface area contributed by atoms with Crippen molar-refractivity contribution >= 4 is 32.7 Å². The molecule has 112 valence electrons. The summed E-state index contributed by atoms with van der Waals surface area (Å²) in [5.74, 6) is 0. The predicted octanol–water partition coefficient (Wildman–Crippen LogP) is 6.31. The highest BCUT2D eigenvalue weighted by Gasteiger charge is 2.26. The van der Waals surface area contributed by atoms with Gasteiger partial charge in [-0.15, -0.1) is 0 Å². The van der Waals surface area contributed by atoms with Crippen LogP contribution in [0.2, 0.25) is 0 Å². The molecule has 0 atom stereocenters. The van der Waals surface area contributed by atoms with Gasteiger partial charge in [-0.25, -0.2) is 0 Å². The van der Waals surface area contributed by atoms with E-state index in [9.17, 15) is 0 Å². The maximum absolute atomic E-state index is 6.29. The van der Waals surface area contributed by atoms with Crippen molar-refractivity contribution in [1.29, 1.82) is 0 Å². The quantitative estimate of drug-likeness (QED) is 0.320. The van der Waals surface area contributed by atoms with Gasteiger partial charge in [-0.1, -0.05) is 66.7 Å². The Balaban J connectivity index is 1.95. The van der Waals surface area contributed by atoms with Gasteiger partial charge < -0.3 is 4.42 Å². The molecule has 0 N–H and O–H groups in total. The molecule has 0 unspecified atom stereocenters. The highest BCUT2D eigenvalue weighted by Crippen LogP contribution is 2.48. The van der Waals surface area contributed by atoms with E-state index >= 15 is 0 Å². The van der Waals surface area contributed by atoms with Crippen LogP contribution in [0.4, 0.5) is 0 Å². The Morgan fingerprint density at radius 2 is 1.38 bits per heavy atom. The molecule has 4 aromatic carbocycles. The average molecular weight is 306 g/mol. The van der Waals surface area contributed by atoms with E-state index in [4.69, 9.17) is 4.42 Å². The van der Waals surface area contributed by atoms with Gasteiger partial charge in [0.2, 0.25) is 0 Å². The molecule has 1 heteroatoms. The second-order valence-electron chi connectivity index (χ2n) is 6.54. The molecule has 0 spiro atoms. The standard InChI is InChI=1S/C23H14O/c1-2-8-15-14(7-1)13-19-21(15)16-9-3-4-10-17(16)23-22(19)18-11-5-6-12-20(18)24-23/h1-12H,13H2. The number of para-hydroxylation sites is 1. The molecular weight excluding hydrogens is 292 g/mol. The van der Waals surface area contributed by atoms with E-state index in [1.807, 2.05) is 6.07 Å².